The molecule has 0 spiro atoms. The van der Waals surface area contributed by atoms with Gasteiger partial charge in [-0.05, 0) is 0 Å². The van der Waals surface area contributed by atoms with Crippen molar-refractivity contribution < 1.29 is 0 Å². The molecule has 50 valence electrons. The molecule has 0 nitrogen and oxygen atoms in total. The molecule has 0 N–H and O–H groups in total. The lowest BCUT2D eigenvalue weighted by Gasteiger charge is -2.01. The van der Waals surface area contributed by atoms with Gasteiger partial charge >= 0.3 is 0 Å². The van der Waals surface area contributed by atoms with Gasteiger partial charge in [0.2, 0.25) is 0 Å². The minimum atomic E-state index is 0.123. The third-order valence-corrected chi connectivity index (χ3v) is 2.99. The van der Waals surface area contributed by atoms with Crippen molar-refractivity contribution in [1.29, 1.82) is 0 Å². The van der Waals surface area contributed by atoms with Crippen LogP contribution in [0.5, 0.6) is 0 Å². The van der Waals surface area contributed by atoms with Crippen LogP contribution in [-0.2, 0) is 0 Å². The molecule has 2 heteroatoms. The zero-order chi connectivity index (χ0) is 7.56. The van der Waals surface area contributed by atoms with Crippen molar-refractivity contribution in [1.82, 2.24) is 0 Å². The molecule has 1 aliphatic heterocycles. The summed E-state index contributed by atoms with van der Waals surface area (Å²) in [6.07, 6.45) is 11.3. The van der Waals surface area contributed by atoms with E-state index in [2.05, 4.69) is 11.8 Å². The van der Waals surface area contributed by atoms with Crippen molar-refractivity contribution in [2.45, 2.75) is 11.7 Å². The molecular weight excluding hydrogens is 160 g/mol. The maximum absolute atomic E-state index is 5.24. The van der Waals surface area contributed by atoms with Gasteiger partial charge in [0, 0.05) is 12.3 Å². The van der Waals surface area contributed by atoms with Crippen molar-refractivity contribution in [2.24, 2.45) is 5.92 Å². The van der Waals surface area contributed by atoms with E-state index in [4.69, 9.17) is 25.1 Å². The summed E-state index contributed by atoms with van der Waals surface area (Å²) in [4.78, 5) is 0. The predicted octanol–water partition coefficient (Wildman–Crippen LogP) is 1.70. The zero-order valence-corrected chi connectivity index (χ0v) is 6.97. The highest BCUT2D eigenvalue weighted by Gasteiger charge is 2.28. The van der Waals surface area contributed by atoms with Gasteiger partial charge in [0.1, 0.15) is 0 Å². The summed E-state index contributed by atoms with van der Waals surface area (Å²) in [5.74, 6) is 5.44. The van der Waals surface area contributed by atoms with Gasteiger partial charge in [0.25, 0.3) is 0 Å². The molecule has 0 aromatic rings. The topological polar surface area (TPSA) is 0 Å². The average Bonchev–Trinajstić information content (AvgIpc) is 2.30. The van der Waals surface area contributed by atoms with E-state index in [1.165, 1.54) is 0 Å². The first-order chi connectivity index (χ1) is 4.77. The lowest BCUT2D eigenvalue weighted by molar-refractivity contribution is 0.777. The molecule has 2 unspecified atom stereocenters. The SMILES string of the molecule is C#CC1CC(=S)SC1C#C. The first kappa shape index (κ1) is 7.66. The third-order valence-electron chi connectivity index (χ3n) is 1.39. The predicted molar refractivity (Wildman–Crippen MR) is 49.8 cm³/mol. The van der Waals surface area contributed by atoms with Crippen LogP contribution in [0.25, 0.3) is 0 Å². The Morgan fingerprint density at radius 3 is 2.60 bits per heavy atom. The van der Waals surface area contributed by atoms with Crippen molar-refractivity contribution >= 4 is 28.2 Å². The average molecular weight is 166 g/mol. The van der Waals surface area contributed by atoms with Crippen molar-refractivity contribution in [3.63, 3.8) is 0 Å². The standard InChI is InChI=1S/C8H6S2/c1-3-6-5-8(9)10-7(6)4-2/h1-2,6-7H,5H2. The molecule has 0 aliphatic carbocycles. The fraction of sp³-hybridized carbons (Fsp3) is 0.375. The van der Waals surface area contributed by atoms with Gasteiger partial charge in [-0.2, -0.15) is 0 Å². The lowest BCUT2D eigenvalue weighted by atomic mass is 10.0. The van der Waals surface area contributed by atoms with Crippen LogP contribution in [0.3, 0.4) is 0 Å². The number of terminal acetylenes is 2. The number of thiocarbonyl (C=S) groups is 1. The summed E-state index contributed by atoms with van der Waals surface area (Å²) < 4.78 is 0.950. The summed E-state index contributed by atoms with van der Waals surface area (Å²) in [5.41, 5.74) is 0. The molecule has 1 fully saturated rings. The highest BCUT2D eigenvalue weighted by atomic mass is 32.2. The van der Waals surface area contributed by atoms with Crippen LogP contribution in [0, 0.1) is 30.6 Å². The Kier molecular flexibility index (Phi) is 2.38. The van der Waals surface area contributed by atoms with Crippen molar-refractivity contribution in [3.05, 3.63) is 0 Å². The van der Waals surface area contributed by atoms with E-state index < -0.39 is 0 Å². The van der Waals surface area contributed by atoms with E-state index in [9.17, 15) is 0 Å². The summed E-state index contributed by atoms with van der Waals surface area (Å²) in [6, 6.07) is 0. The zero-order valence-electron chi connectivity index (χ0n) is 5.33. The number of thioether (sulfide) groups is 1. The van der Waals surface area contributed by atoms with Gasteiger partial charge in [-0.1, -0.05) is 18.1 Å². The second-order valence-electron chi connectivity index (χ2n) is 2.05. The van der Waals surface area contributed by atoms with Crippen molar-refractivity contribution in [3.8, 4) is 24.7 Å². The molecule has 2 atom stereocenters. The van der Waals surface area contributed by atoms with Gasteiger partial charge in [0.05, 0.1) is 9.45 Å². The van der Waals surface area contributed by atoms with Gasteiger partial charge < -0.3 is 0 Å². The van der Waals surface area contributed by atoms with Gasteiger partial charge in [0.15, 0.2) is 0 Å². The normalized spacial score (nSPS) is 31.2. The molecule has 0 bridgehead atoms. The molecular formula is C8H6S2. The molecule has 10 heavy (non-hydrogen) atoms. The van der Waals surface area contributed by atoms with E-state index in [-0.39, 0.29) is 11.2 Å². The fourth-order valence-corrected chi connectivity index (χ4v) is 2.31. The molecule has 1 heterocycles. The highest BCUT2D eigenvalue weighted by Crippen LogP contribution is 2.33. The Hall–Kier alpha value is -0.440. The molecule has 0 aromatic carbocycles. The van der Waals surface area contributed by atoms with E-state index in [0.717, 1.165) is 10.6 Å². The molecule has 1 saturated heterocycles. The molecule has 0 saturated carbocycles. The Balaban J connectivity index is 2.71. The van der Waals surface area contributed by atoms with Crippen LogP contribution >= 0.6 is 24.0 Å². The van der Waals surface area contributed by atoms with Crippen molar-refractivity contribution in [2.75, 3.05) is 0 Å². The summed E-state index contributed by atoms with van der Waals surface area (Å²) >= 11 is 6.53. The van der Waals surface area contributed by atoms with Gasteiger partial charge in [-0.15, -0.1) is 30.5 Å². The van der Waals surface area contributed by atoms with E-state index in [1.807, 2.05) is 0 Å². The van der Waals surface area contributed by atoms with Gasteiger partial charge in [-0.3, -0.25) is 0 Å². The number of rotatable bonds is 0. The first-order valence-corrected chi connectivity index (χ1v) is 4.18. The van der Waals surface area contributed by atoms with Crippen LogP contribution in [0.4, 0.5) is 0 Å². The Morgan fingerprint density at radius 2 is 2.20 bits per heavy atom. The van der Waals surface area contributed by atoms with E-state index in [1.54, 1.807) is 11.8 Å². The fourth-order valence-electron chi connectivity index (χ4n) is 0.855. The monoisotopic (exact) mass is 166 g/mol. The smallest absolute Gasteiger partial charge is 0.0847 e. The highest BCUT2D eigenvalue weighted by molar-refractivity contribution is 8.24. The molecule has 0 radical (unpaired) electrons. The number of hydrogen-bond acceptors (Lipinski definition) is 2. The quantitative estimate of drug-likeness (QED) is 0.397. The minimum absolute atomic E-state index is 0.123. The van der Waals surface area contributed by atoms with E-state index >= 15 is 0 Å². The van der Waals surface area contributed by atoms with Crippen LogP contribution in [-0.4, -0.2) is 9.45 Å². The van der Waals surface area contributed by atoms with Crippen LogP contribution in [0.2, 0.25) is 0 Å². The third kappa shape index (κ3) is 1.34. The maximum Gasteiger partial charge on any atom is 0.0847 e. The second kappa shape index (κ2) is 3.10. The van der Waals surface area contributed by atoms with Crippen LogP contribution in [0.15, 0.2) is 0 Å². The van der Waals surface area contributed by atoms with Crippen LogP contribution < -0.4 is 0 Å². The second-order valence-corrected chi connectivity index (χ2v) is 4.04. The Labute approximate surface area is 70.8 Å². The minimum Gasteiger partial charge on any atom is -0.120 e. The molecule has 1 rings (SSSR count). The molecule has 0 amide bonds. The van der Waals surface area contributed by atoms with Crippen LogP contribution in [0.1, 0.15) is 6.42 Å². The number of hydrogen-bond donors (Lipinski definition) is 0. The summed E-state index contributed by atoms with van der Waals surface area (Å²) in [6.45, 7) is 0. The Morgan fingerprint density at radius 1 is 1.50 bits per heavy atom. The summed E-state index contributed by atoms with van der Waals surface area (Å²) in [5, 5.41) is 0.123. The maximum atomic E-state index is 5.24. The lowest BCUT2D eigenvalue weighted by Crippen LogP contribution is -2.05. The molecule has 0 aromatic heterocycles. The van der Waals surface area contributed by atoms with E-state index in [0.29, 0.717) is 0 Å². The summed E-state index contributed by atoms with van der Waals surface area (Å²) in [7, 11) is 0. The Bertz CT molecular complexity index is 205. The largest absolute Gasteiger partial charge is 0.120 e. The first-order valence-electron chi connectivity index (χ1n) is 2.89. The molecule has 1 aliphatic rings. The van der Waals surface area contributed by atoms with Gasteiger partial charge in [-0.25, -0.2) is 0 Å².